The Labute approximate surface area is 144 Å². The Balaban J connectivity index is 2.72. The topological polar surface area (TPSA) is 49.9 Å². The van der Waals surface area contributed by atoms with Gasteiger partial charge in [-0.3, -0.25) is 9.59 Å². The van der Waals surface area contributed by atoms with Crippen molar-refractivity contribution >= 4 is 18.0 Å². The monoisotopic (exact) mass is 332 g/mol. The molecule has 0 radical (unpaired) electrons. The van der Waals surface area contributed by atoms with Crippen LogP contribution in [0.5, 0.6) is 0 Å². The summed E-state index contributed by atoms with van der Waals surface area (Å²) in [7, 11) is 5.36. The quantitative estimate of drug-likeness (QED) is 0.514. The number of rotatable bonds is 9. The van der Waals surface area contributed by atoms with Crippen LogP contribution in [0.4, 0.5) is 0 Å². The second kappa shape index (κ2) is 10.6. The molecule has 0 aliphatic carbocycles. The van der Waals surface area contributed by atoms with Crippen LogP contribution in [0.1, 0.15) is 18.9 Å². The van der Waals surface area contributed by atoms with Gasteiger partial charge in [0.25, 0.3) is 0 Å². The highest BCUT2D eigenvalue weighted by atomic mass is 16.5. The fourth-order valence-electron chi connectivity index (χ4n) is 2.31. The van der Waals surface area contributed by atoms with E-state index in [-0.39, 0.29) is 17.8 Å². The first-order valence-electron chi connectivity index (χ1n) is 8.18. The molecule has 0 aliphatic rings. The molecule has 0 fully saturated rings. The van der Waals surface area contributed by atoms with Gasteiger partial charge in [-0.25, -0.2) is 0 Å². The van der Waals surface area contributed by atoms with Crippen LogP contribution in [0.15, 0.2) is 36.4 Å². The molecule has 0 spiro atoms. The number of carbonyl (C=O) groups excluding carboxylic acids is 2. The van der Waals surface area contributed by atoms with Crippen LogP contribution in [-0.4, -0.2) is 62.5 Å². The molecule has 1 rings (SSSR count). The van der Waals surface area contributed by atoms with Crippen molar-refractivity contribution < 1.29 is 14.3 Å². The summed E-state index contributed by atoms with van der Waals surface area (Å²) in [6.07, 6.45) is 4.21. The third-order valence-corrected chi connectivity index (χ3v) is 3.66. The lowest BCUT2D eigenvalue weighted by Gasteiger charge is -2.24. The van der Waals surface area contributed by atoms with Crippen molar-refractivity contribution in [2.45, 2.75) is 13.3 Å². The standard InChI is InChI=1S/C19H28N2O3/c1-16(19(23)24-4)15-21(14-8-13-20(2)3)18(22)12-11-17-9-6-5-7-10-17/h5-7,9-12,16H,8,13-15H2,1-4H3/b12-11+. The second-order valence-electron chi connectivity index (χ2n) is 6.11. The molecule has 0 aromatic heterocycles. The smallest absolute Gasteiger partial charge is 0.310 e. The Morgan fingerprint density at radius 2 is 1.83 bits per heavy atom. The molecule has 0 N–H and O–H groups in total. The number of amides is 1. The van der Waals surface area contributed by atoms with E-state index in [0.717, 1.165) is 18.5 Å². The van der Waals surface area contributed by atoms with Gasteiger partial charge in [0.15, 0.2) is 0 Å². The Bertz CT molecular complexity index is 541. The predicted octanol–water partition coefficient (Wildman–Crippen LogP) is 2.29. The fourth-order valence-corrected chi connectivity index (χ4v) is 2.31. The maximum atomic E-state index is 12.5. The van der Waals surface area contributed by atoms with Crippen molar-refractivity contribution in [3.8, 4) is 0 Å². The van der Waals surface area contributed by atoms with Gasteiger partial charge >= 0.3 is 5.97 Å². The molecule has 0 saturated carbocycles. The van der Waals surface area contributed by atoms with Crippen molar-refractivity contribution in [2.75, 3.05) is 40.8 Å². The van der Waals surface area contributed by atoms with Crippen molar-refractivity contribution in [3.05, 3.63) is 42.0 Å². The summed E-state index contributed by atoms with van der Waals surface area (Å²) in [5, 5.41) is 0. The van der Waals surface area contributed by atoms with Gasteiger partial charge in [0.05, 0.1) is 13.0 Å². The zero-order valence-electron chi connectivity index (χ0n) is 15.1. The number of carbonyl (C=O) groups is 2. The van der Waals surface area contributed by atoms with Crippen LogP contribution in [0.25, 0.3) is 6.08 Å². The van der Waals surface area contributed by atoms with Gasteiger partial charge in [-0.15, -0.1) is 0 Å². The van der Waals surface area contributed by atoms with E-state index in [9.17, 15) is 9.59 Å². The van der Waals surface area contributed by atoms with Crippen LogP contribution in [0, 0.1) is 5.92 Å². The summed E-state index contributed by atoms with van der Waals surface area (Å²) < 4.78 is 4.76. The molecule has 0 saturated heterocycles. The van der Waals surface area contributed by atoms with E-state index < -0.39 is 0 Å². The lowest BCUT2D eigenvalue weighted by Crippen LogP contribution is -2.37. The lowest BCUT2D eigenvalue weighted by atomic mass is 10.1. The first-order chi connectivity index (χ1) is 11.4. The summed E-state index contributed by atoms with van der Waals surface area (Å²) in [6.45, 7) is 3.63. The number of esters is 1. The summed E-state index contributed by atoms with van der Waals surface area (Å²) >= 11 is 0. The van der Waals surface area contributed by atoms with E-state index in [4.69, 9.17) is 4.74 Å². The normalized spacial score (nSPS) is 12.4. The average Bonchev–Trinajstić information content (AvgIpc) is 2.58. The van der Waals surface area contributed by atoms with Crippen LogP contribution in [-0.2, 0) is 14.3 Å². The molecule has 1 aromatic rings. The summed E-state index contributed by atoms with van der Waals surface area (Å²) in [5.41, 5.74) is 0.972. The van der Waals surface area contributed by atoms with Gasteiger partial charge < -0.3 is 14.5 Å². The first kappa shape index (κ1) is 19.9. The van der Waals surface area contributed by atoms with Crippen LogP contribution in [0.3, 0.4) is 0 Å². The van der Waals surface area contributed by atoms with E-state index in [1.54, 1.807) is 24.0 Å². The molecule has 5 nitrogen and oxygen atoms in total. The zero-order valence-corrected chi connectivity index (χ0v) is 15.1. The van der Waals surface area contributed by atoms with Gasteiger partial charge in [-0.1, -0.05) is 37.3 Å². The summed E-state index contributed by atoms with van der Waals surface area (Å²) in [4.78, 5) is 27.9. The minimum absolute atomic E-state index is 0.0895. The largest absolute Gasteiger partial charge is 0.469 e. The third kappa shape index (κ3) is 7.42. The average molecular weight is 332 g/mol. The van der Waals surface area contributed by atoms with Crippen molar-refractivity contribution in [1.29, 1.82) is 0 Å². The number of benzene rings is 1. The maximum Gasteiger partial charge on any atom is 0.310 e. The van der Waals surface area contributed by atoms with Gasteiger partial charge in [0.2, 0.25) is 5.91 Å². The Hall–Kier alpha value is -2.14. The molecule has 24 heavy (non-hydrogen) atoms. The number of ether oxygens (including phenoxy) is 1. The Morgan fingerprint density at radius 1 is 1.17 bits per heavy atom. The summed E-state index contributed by atoms with van der Waals surface area (Å²) in [6, 6.07) is 9.68. The predicted molar refractivity (Wildman–Crippen MR) is 96.4 cm³/mol. The van der Waals surface area contributed by atoms with Crippen LogP contribution >= 0.6 is 0 Å². The first-order valence-corrected chi connectivity index (χ1v) is 8.18. The highest BCUT2D eigenvalue weighted by molar-refractivity contribution is 5.92. The van der Waals surface area contributed by atoms with Crippen molar-refractivity contribution in [2.24, 2.45) is 5.92 Å². The molecule has 132 valence electrons. The van der Waals surface area contributed by atoms with E-state index in [2.05, 4.69) is 4.90 Å². The van der Waals surface area contributed by atoms with Gasteiger partial charge in [0, 0.05) is 19.2 Å². The Kier molecular flexibility index (Phi) is 8.79. The maximum absolute atomic E-state index is 12.5. The molecule has 1 unspecified atom stereocenters. The van der Waals surface area contributed by atoms with Crippen LogP contribution in [0.2, 0.25) is 0 Å². The number of hydrogen-bond acceptors (Lipinski definition) is 4. The molecular formula is C19H28N2O3. The number of nitrogens with zero attached hydrogens (tertiary/aromatic N) is 2. The minimum Gasteiger partial charge on any atom is -0.469 e. The molecule has 0 heterocycles. The van der Waals surface area contributed by atoms with Gasteiger partial charge in [-0.05, 0) is 38.7 Å². The second-order valence-corrected chi connectivity index (χ2v) is 6.11. The van der Waals surface area contributed by atoms with Crippen molar-refractivity contribution in [3.63, 3.8) is 0 Å². The summed E-state index contributed by atoms with van der Waals surface area (Å²) in [5.74, 6) is -0.732. The molecule has 1 aromatic carbocycles. The van der Waals surface area contributed by atoms with E-state index in [1.807, 2.05) is 44.4 Å². The van der Waals surface area contributed by atoms with E-state index in [1.165, 1.54) is 7.11 Å². The van der Waals surface area contributed by atoms with Crippen molar-refractivity contribution in [1.82, 2.24) is 9.80 Å². The highest BCUT2D eigenvalue weighted by Gasteiger charge is 2.20. The minimum atomic E-state index is -0.344. The molecule has 1 amide bonds. The Morgan fingerprint density at radius 3 is 2.42 bits per heavy atom. The molecule has 1 atom stereocenters. The molecule has 0 bridgehead atoms. The number of hydrogen-bond donors (Lipinski definition) is 0. The molecule has 5 heteroatoms. The van der Waals surface area contributed by atoms with Gasteiger partial charge in [-0.2, -0.15) is 0 Å². The zero-order chi connectivity index (χ0) is 17.9. The highest BCUT2D eigenvalue weighted by Crippen LogP contribution is 2.07. The fraction of sp³-hybridized carbons (Fsp3) is 0.474. The van der Waals surface area contributed by atoms with Crippen LogP contribution < -0.4 is 0 Å². The third-order valence-electron chi connectivity index (χ3n) is 3.66. The molecular weight excluding hydrogens is 304 g/mol. The van der Waals surface area contributed by atoms with E-state index in [0.29, 0.717) is 13.1 Å². The SMILES string of the molecule is COC(=O)C(C)CN(CCCN(C)C)C(=O)/C=C/c1ccccc1. The lowest BCUT2D eigenvalue weighted by molar-refractivity contribution is -0.146. The van der Waals surface area contributed by atoms with Gasteiger partial charge in [0.1, 0.15) is 0 Å². The van der Waals surface area contributed by atoms with E-state index >= 15 is 0 Å². The number of methoxy groups -OCH3 is 1. The molecule has 0 aliphatic heterocycles.